The zero-order chi connectivity index (χ0) is 20.8. The minimum Gasteiger partial charge on any atom is -0.372 e. The molecule has 2 aromatic rings. The van der Waals surface area contributed by atoms with Crippen LogP contribution in [0.4, 0.5) is 5.69 Å². The average Bonchev–Trinajstić information content (AvgIpc) is 3.36. The van der Waals surface area contributed by atoms with Gasteiger partial charge in [0.1, 0.15) is 0 Å². The fraction of sp³-hybridized carbons (Fsp3) is 0.409. The van der Waals surface area contributed by atoms with Crippen molar-refractivity contribution in [2.75, 3.05) is 30.7 Å². The van der Waals surface area contributed by atoms with Crippen molar-refractivity contribution in [3.8, 4) is 5.69 Å². The van der Waals surface area contributed by atoms with Crippen LogP contribution in [0.1, 0.15) is 25.0 Å². The highest BCUT2D eigenvalue weighted by molar-refractivity contribution is 7.94. The van der Waals surface area contributed by atoms with E-state index < -0.39 is 9.84 Å². The van der Waals surface area contributed by atoms with Crippen LogP contribution in [0.3, 0.4) is 0 Å². The second kappa shape index (κ2) is 7.28. The van der Waals surface area contributed by atoms with Crippen LogP contribution in [0.2, 0.25) is 0 Å². The zero-order valence-corrected chi connectivity index (χ0v) is 17.6. The maximum absolute atomic E-state index is 12.7. The highest BCUT2D eigenvalue weighted by atomic mass is 32.2. The number of aromatic nitrogens is 1. The summed E-state index contributed by atoms with van der Waals surface area (Å²) in [5.74, 6) is 0.203. The van der Waals surface area contributed by atoms with Crippen LogP contribution in [0, 0.1) is 0 Å². The number of nitrogens with zero attached hydrogens (tertiary/aromatic N) is 2. The topological polar surface area (TPSA) is 83.4 Å². The van der Waals surface area contributed by atoms with Crippen LogP contribution in [0.25, 0.3) is 5.69 Å². The molecule has 1 fully saturated rings. The number of carbonyl (C=O) groups is 1. The van der Waals surface area contributed by atoms with Crippen LogP contribution >= 0.6 is 0 Å². The number of fused-ring (bicyclic) bond motifs is 4. The molecule has 5 rings (SSSR count). The summed E-state index contributed by atoms with van der Waals surface area (Å²) in [5, 5.41) is 8.17. The van der Waals surface area contributed by atoms with E-state index in [1.165, 1.54) is 11.1 Å². The van der Waals surface area contributed by atoms with E-state index in [9.17, 15) is 13.2 Å². The van der Waals surface area contributed by atoms with Crippen molar-refractivity contribution in [3.63, 3.8) is 0 Å². The number of anilines is 1. The van der Waals surface area contributed by atoms with Gasteiger partial charge in [0, 0.05) is 49.4 Å². The number of para-hydroxylation sites is 2. The quantitative estimate of drug-likeness (QED) is 0.782. The first-order valence-corrected chi connectivity index (χ1v) is 12.1. The Labute approximate surface area is 176 Å². The standard InChI is InChI=1S/C22H26N4O3S/c27-21(7-11-23-17-8-15-30(28,29)16-17)25-13-9-22(10-14-25)20-6-3-12-26(20)19-5-2-1-4-18(19)24-22/h1-6,8,12,15,17,23-24H,7,9-11,13-14,16H2. The van der Waals surface area contributed by atoms with Gasteiger partial charge in [-0.2, -0.15) is 0 Å². The highest BCUT2D eigenvalue weighted by Gasteiger charge is 2.42. The Hall–Kier alpha value is -2.58. The summed E-state index contributed by atoms with van der Waals surface area (Å²) in [5.41, 5.74) is 3.39. The molecule has 0 aliphatic carbocycles. The Morgan fingerprint density at radius 1 is 1.17 bits per heavy atom. The zero-order valence-electron chi connectivity index (χ0n) is 16.8. The summed E-state index contributed by atoms with van der Waals surface area (Å²) in [7, 11) is -3.07. The molecule has 4 heterocycles. The van der Waals surface area contributed by atoms with E-state index in [0.29, 0.717) is 26.1 Å². The first kappa shape index (κ1) is 19.4. The van der Waals surface area contributed by atoms with Gasteiger partial charge in [0.15, 0.2) is 9.84 Å². The summed E-state index contributed by atoms with van der Waals surface area (Å²) < 4.78 is 25.2. The van der Waals surface area contributed by atoms with Crippen molar-refractivity contribution in [2.45, 2.75) is 30.8 Å². The van der Waals surface area contributed by atoms with Crippen molar-refractivity contribution in [1.29, 1.82) is 0 Å². The predicted molar refractivity (Wildman–Crippen MR) is 116 cm³/mol. The largest absolute Gasteiger partial charge is 0.372 e. The third kappa shape index (κ3) is 3.44. The van der Waals surface area contributed by atoms with Gasteiger partial charge < -0.3 is 20.1 Å². The lowest BCUT2D eigenvalue weighted by molar-refractivity contribution is -0.132. The van der Waals surface area contributed by atoms with Crippen molar-refractivity contribution < 1.29 is 13.2 Å². The molecular formula is C22H26N4O3S. The van der Waals surface area contributed by atoms with Gasteiger partial charge >= 0.3 is 0 Å². The fourth-order valence-corrected chi connectivity index (χ4v) is 6.11. The Morgan fingerprint density at radius 3 is 2.73 bits per heavy atom. The summed E-state index contributed by atoms with van der Waals surface area (Å²) in [6.45, 7) is 1.90. The molecular weight excluding hydrogens is 400 g/mol. The number of hydrogen-bond donors (Lipinski definition) is 2. The van der Waals surface area contributed by atoms with E-state index in [2.05, 4.69) is 45.7 Å². The third-order valence-electron chi connectivity index (χ3n) is 6.42. The summed E-state index contributed by atoms with van der Waals surface area (Å²) in [6.07, 6.45) is 5.86. The maximum atomic E-state index is 12.7. The van der Waals surface area contributed by atoms with Crippen LogP contribution in [-0.2, 0) is 20.2 Å². The predicted octanol–water partition coefficient (Wildman–Crippen LogP) is 2.01. The number of nitrogens with one attached hydrogen (secondary N) is 2. The molecule has 1 atom stereocenters. The number of hydrogen-bond acceptors (Lipinski definition) is 5. The SMILES string of the molecule is O=C(CCNC1C=CS(=O)(=O)C1)N1CCC2(CC1)Nc1ccccc1-n1cccc12. The fourth-order valence-electron chi connectivity index (χ4n) is 4.84. The molecule has 1 aromatic heterocycles. The normalized spacial score (nSPS) is 23.1. The Balaban J connectivity index is 1.20. The number of carbonyl (C=O) groups excluding carboxylic acids is 1. The van der Waals surface area contributed by atoms with E-state index in [1.807, 2.05) is 17.0 Å². The third-order valence-corrected chi connectivity index (χ3v) is 7.82. The minimum atomic E-state index is -3.07. The van der Waals surface area contributed by atoms with Gasteiger partial charge in [-0.15, -0.1) is 0 Å². The van der Waals surface area contributed by atoms with Crippen molar-refractivity contribution in [3.05, 3.63) is 59.8 Å². The lowest BCUT2D eigenvalue weighted by atomic mass is 9.82. The number of sulfone groups is 1. The lowest BCUT2D eigenvalue weighted by Crippen LogP contribution is -2.51. The van der Waals surface area contributed by atoms with Crippen molar-refractivity contribution >= 4 is 21.4 Å². The second-order valence-corrected chi connectivity index (χ2v) is 10.3. The monoisotopic (exact) mass is 426 g/mol. The first-order chi connectivity index (χ1) is 14.5. The number of piperidine rings is 1. The smallest absolute Gasteiger partial charge is 0.223 e. The van der Waals surface area contributed by atoms with E-state index in [0.717, 1.165) is 24.2 Å². The van der Waals surface area contributed by atoms with Crippen molar-refractivity contribution in [1.82, 2.24) is 14.8 Å². The van der Waals surface area contributed by atoms with Gasteiger partial charge in [0.05, 0.1) is 22.7 Å². The van der Waals surface area contributed by atoms with Gasteiger partial charge in [-0.05, 0) is 37.1 Å². The molecule has 30 heavy (non-hydrogen) atoms. The van der Waals surface area contributed by atoms with Crippen LogP contribution in [-0.4, -0.2) is 55.2 Å². The molecule has 1 unspecified atom stereocenters. The number of rotatable bonds is 4. The number of amides is 1. The van der Waals surface area contributed by atoms with E-state index >= 15 is 0 Å². The Bertz CT molecular complexity index is 1100. The molecule has 158 valence electrons. The van der Waals surface area contributed by atoms with Crippen molar-refractivity contribution in [2.24, 2.45) is 0 Å². The molecule has 0 radical (unpaired) electrons. The molecule has 1 amide bonds. The molecule has 7 nitrogen and oxygen atoms in total. The molecule has 3 aliphatic rings. The maximum Gasteiger partial charge on any atom is 0.223 e. The molecule has 1 aromatic carbocycles. The van der Waals surface area contributed by atoms with E-state index in [-0.39, 0.29) is 23.2 Å². The molecule has 3 aliphatic heterocycles. The number of likely N-dealkylation sites (tertiary alicyclic amines) is 1. The van der Waals surface area contributed by atoms with Crippen LogP contribution in [0.5, 0.6) is 0 Å². The number of benzene rings is 1. The summed E-state index contributed by atoms with van der Waals surface area (Å²) in [6, 6.07) is 12.4. The summed E-state index contributed by atoms with van der Waals surface area (Å²) >= 11 is 0. The molecule has 8 heteroatoms. The first-order valence-electron chi connectivity index (χ1n) is 10.4. The summed E-state index contributed by atoms with van der Waals surface area (Å²) in [4.78, 5) is 14.6. The molecule has 1 saturated heterocycles. The Kier molecular flexibility index (Phi) is 4.71. The molecule has 0 bridgehead atoms. The highest BCUT2D eigenvalue weighted by Crippen LogP contribution is 2.43. The molecule has 0 saturated carbocycles. The molecule has 2 N–H and O–H groups in total. The van der Waals surface area contributed by atoms with Gasteiger partial charge in [0.2, 0.25) is 5.91 Å². The Morgan fingerprint density at radius 2 is 1.97 bits per heavy atom. The van der Waals surface area contributed by atoms with Crippen LogP contribution in [0.15, 0.2) is 54.1 Å². The second-order valence-electron chi connectivity index (χ2n) is 8.34. The molecule has 1 spiro atoms. The van der Waals surface area contributed by atoms with Crippen LogP contribution < -0.4 is 10.6 Å². The van der Waals surface area contributed by atoms with Gasteiger partial charge in [-0.25, -0.2) is 8.42 Å². The lowest BCUT2D eigenvalue weighted by Gasteiger charge is -2.46. The van der Waals surface area contributed by atoms with Gasteiger partial charge in [0.25, 0.3) is 0 Å². The van der Waals surface area contributed by atoms with Gasteiger partial charge in [-0.1, -0.05) is 18.2 Å². The van der Waals surface area contributed by atoms with E-state index in [1.54, 1.807) is 6.08 Å². The average molecular weight is 427 g/mol. The van der Waals surface area contributed by atoms with E-state index in [4.69, 9.17) is 0 Å². The van der Waals surface area contributed by atoms with Gasteiger partial charge in [-0.3, -0.25) is 4.79 Å². The minimum absolute atomic E-state index is 0.0835.